The minimum absolute atomic E-state index is 1.05. The van der Waals surface area contributed by atoms with E-state index in [-0.39, 0.29) is 0 Å². The van der Waals surface area contributed by atoms with Gasteiger partial charge in [-0.2, -0.15) is 30.3 Å². The van der Waals surface area contributed by atoms with Crippen molar-refractivity contribution in [2.24, 2.45) is 0 Å². The van der Waals surface area contributed by atoms with Crippen molar-refractivity contribution in [3.63, 3.8) is 0 Å². The number of rotatable bonds is 2. The van der Waals surface area contributed by atoms with Crippen LogP contribution in [0.25, 0.3) is 0 Å². The van der Waals surface area contributed by atoms with Gasteiger partial charge in [0.15, 0.2) is 0 Å². The molecule has 0 bridgehead atoms. The van der Waals surface area contributed by atoms with Crippen molar-refractivity contribution in [3.8, 4) is 0 Å². The van der Waals surface area contributed by atoms with Crippen LogP contribution in [0.1, 0.15) is 5.56 Å². The summed E-state index contributed by atoms with van der Waals surface area (Å²) in [6, 6.07) is 11.5. The van der Waals surface area contributed by atoms with Gasteiger partial charge in [-0.05, 0) is 7.05 Å². The molecular weight excluding hydrogens is 317 g/mol. The molecular formula is C12H17BrN2Zn. The van der Waals surface area contributed by atoms with Gasteiger partial charge in [0.2, 0.25) is 0 Å². The van der Waals surface area contributed by atoms with Crippen LogP contribution in [0.2, 0.25) is 0 Å². The van der Waals surface area contributed by atoms with Crippen molar-refractivity contribution in [1.29, 1.82) is 0 Å². The maximum absolute atomic E-state index is 3.27. The average molecular weight is 335 g/mol. The van der Waals surface area contributed by atoms with Gasteiger partial charge in [0.1, 0.15) is 0 Å². The van der Waals surface area contributed by atoms with E-state index in [1.807, 2.05) is 12.1 Å². The Morgan fingerprint density at radius 1 is 1.25 bits per heavy atom. The number of nitrogens with zero attached hydrogens (tertiary/aromatic N) is 2. The van der Waals surface area contributed by atoms with Crippen molar-refractivity contribution in [1.82, 2.24) is 9.80 Å². The number of piperazine rings is 1. The van der Waals surface area contributed by atoms with Gasteiger partial charge in [-0.25, -0.2) is 0 Å². The Morgan fingerprint density at radius 3 is 2.50 bits per heavy atom. The van der Waals surface area contributed by atoms with Gasteiger partial charge in [0, 0.05) is 32.7 Å². The third-order valence-corrected chi connectivity index (χ3v) is 2.76. The first-order chi connectivity index (χ1) is 7.84. The van der Waals surface area contributed by atoms with E-state index < -0.39 is 0 Å². The Kier molecular flexibility index (Phi) is 7.47. The predicted molar refractivity (Wildman–Crippen MR) is 67.0 cm³/mol. The molecule has 1 aromatic rings. The van der Waals surface area contributed by atoms with Crippen LogP contribution in [0.4, 0.5) is 0 Å². The van der Waals surface area contributed by atoms with Crippen molar-refractivity contribution >= 4 is 13.6 Å². The maximum atomic E-state index is 3.27. The second kappa shape index (κ2) is 8.35. The fourth-order valence-corrected chi connectivity index (χ4v) is 1.78. The number of hydrogen-bond acceptors (Lipinski definition) is 2. The topological polar surface area (TPSA) is 6.48 Å². The van der Waals surface area contributed by atoms with Gasteiger partial charge in [0.25, 0.3) is 0 Å². The van der Waals surface area contributed by atoms with E-state index in [1.165, 1.54) is 48.1 Å². The van der Waals surface area contributed by atoms with Crippen LogP contribution >= 0.6 is 13.6 Å². The Hall–Kier alpha value is 0.243. The van der Waals surface area contributed by atoms with Crippen LogP contribution in [0.3, 0.4) is 0 Å². The molecule has 1 aromatic carbocycles. The van der Waals surface area contributed by atoms with Crippen LogP contribution in [0.5, 0.6) is 0 Å². The first kappa shape index (κ1) is 14.3. The van der Waals surface area contributed by atoms with Crippen molar-refractivity contribution in [3.05, 3.63) is 35.9 Å². The number of likely N-dealkylation sites (N-methyl/N-ethyl adjacent to an activating group) is 1. The van der Waals surface area contributed by atoms with Gasteiger partial charge in [-0.3, -0.25) is 4.90 Å². The quantitative estimate of drug-likeness (QED) is 0.603. The Bertz CT molecular complexity index is 274. The zero-order chi connectivity index (χ0) is 11.8. The first-order valence-electron chi connectivity index (χ1n) is 5.48. The molecule has 2 rings (SSSR count). The summed E-state index contributed by atoms with van der Waals surface area (Å²) in [6.45, 7) is 5.78. The Morgan fingerprint density at radius 2 is 1.94 bits per heavy atom. The summed E-state index contributed by atoms with van der Waals surface area (Å²) in [5.41, 5.74) is 1.30. The molecule has 0 N–H and O–H groups in total. The molecule has 0 aromatic heterocycles. The summed E-state index contributed by atoms with van der Waals surface area (Å²) in [5.74, 6) is 0. The third-order valence-electron chi connectivity index (χ3n) is 2.76. The van der Waals surface area contributed by atoms with Crippen molar-refractivity contribution in [2.75, 3.05) is 33.2 Å². The molecule has 0 unspecified atom stereocenters. The minimum atomic E-state index is 1.05. The average Bonchev–Trinajstić information content (AvgIpc) is 2.36. The van der Waals surface area contributed by atoms with E-state index >= 15 is 0 Å². The van der Waals surface area contributed by atoms with E-state index in [0.717, 1.165) is 6.54 Å². The summed E-state index contributed by atoms with van der Waals surface area (Å²) in [4.78, 5) is 4.87. The van der Waals surface area contributed by atoms with Crippen LogP contribution in [0, 0.1) is 6.07 Å². The first-order valence-corrected chi connectivity index (χ1v) is 12.4. The predicted octanol–water partition coefficient (Wildman–Crippen LogP) is 2.08. The van der Waals surface area contributed by atoms with E-state index in [1.54, 1.807) is 0 Å². The second-order valence-electron chi connectivity index (χ2n) is 3.97. The molecule has 1 fully saturated rings. The molecule has 0 atom stereocenters. The molecule has 4 heteroatoms. The molecule has 0 spiro atoms. The molecule has 2 nitrogen and oxygen atoms in total. The summed E-state index contributed by atoms with van der Waals surface area (Å²) in [7, 11) is 2.19. The van der Waals surface area contributed by atoms with Crippen molar-refractivity contribution < 1.29 is 16.3 Å². The zero-order valence-electron chi connectivity index (χ0n) is 9.82. The normalized spacial score (nSPS) is 17.8. The fourth-order valence-electron chi connectivity index (χ4n) is 1.78. The van der Waals surface area contributed by atoms with E-state index in [4.69, 9.17) is 0 Å². The van der Waals surface area contributed by atoms with Crippen LogP contribution in [-0.4, -0.2) is 43.0 Å². The molecule has 1 saturated heterocycles. The summed E-state index contributed by atoms with van der Waals surface area (Å²) in [6.07, 6.45) is 0. The fraction of sp³-hybridized carbons (Fsp3) is 0.500. The van der Waals surface area contributed by atoms with Gasteiger partial charge in [-0.1, -0.05) is 0 Å². The summed E-state index contributed by atoms with van der Waals surface area (Å²) in [5, 5.41) is 0. The molecule has 1 aliphatic rings. The molecule has 1 aliphatic heterocycles. The molecule has 0 radical (unpaired) electrons. The number of benzene rings is 1. The molecule has 0 saturated carbocycles. The van der Waals surface area contributed by atoms with Gasteiger partial charge in [-0.15, -0.1) is 5.56 Å². The second-order valence-corrected chi connectivity index (χ2v) is 3.97. The number of halogens is 1. The van der Waals surface area contributed by atoms with Crippen LogP contribution in [-0.2, 0) is 22.9 Å². The van der Waals surface area contributed by atoms with E-state index in [0.29, 0.717) is 0 Å². The zero-order valence-corrected chi connectivity index (χ0v) is 14.4. The number of hydrogen-bond donors (Lipinski definition) is 0. The molecule has 84 valence electrons. The Balaban J connectivity index is 0.000000606. The monoisotopic (exact) mass is 332 g/mol. The van der Waals surface area contributed by atoms with Gasteiger partial charge >= 0.3 is 30.0 Å². The van der Waals surface area contributed by atoms with Crippen LogP contribution in [0.15, 0.2) is 24.3 Å². The summed E-state index contributed by atoms with van der Waals surface area (Å²) < 4.78 is 0. The Labute approximate surface area is 115 Å². The van der Waals surface area contributed by atoms with E-state index in [9.17, 15) is 0 Å². The van der Waals surface area contributed by atoms with Crippen molar-refractivity contribution in [2.45, 2.75) is 6.54 Å². The molecule has 0 aliphatic carbocycles. The van der Waals surface area contributed by atoms with Gasteiger partial charge < -0.3 is 4.90 Å². The third kappa shape index (κ3) is 5.05. The summed E-state index contributed by atoms with van der Waals surface area (Å²) >= 11 is 4.25. The van der Waals surface area contributed by atoms with Gasteiger partial charge in [0.05, 0.1) is 0 Å². The molecule has 0 amide bonds. The van der Waals surface area contributed by atoms with Crippen LogP contribution < -0.4 is 0 Å². The standard InChI is InChI=1S/C12H17N2.BrH.Zn/c1-13-7-9-14(10-8-13)11-12-5-3-2-4-6-12;;/h2-5H,7-11H2,1H3;1H;/q-1;;+2/p-1. The SMILES string of the molecule is CN1CCN(Cc2[c-]cccc2)CC1.[Zn+][Br]. The molecule has 1 heterocycles. The molecule has 16 heavy (non-hydrogen) atoms. The van der Waals surface area contributed by atoms with E-state index in [2.05, 4.69) is 48.7 Å².